The predicted octanol–water partition coefficient (Wildman–Crippen LogP) is 4.31. The van der Waals surface area contributed by atoms with E-state index in [0.717, 1.165) is 0 Å². The van der Waals surface area contributed by atoms with Crippen LogP contribution >= 0.6 is 23.2 Å². The van der Waals surface area contributed by atoms with Crippen molar-refractivity contribution >= 4 is 40.5 Å². The lowest BCUT2D eigenvalue weighted by atomic mass is 10.1. The number of carboxylic acids is 1. The Balaban J connectivity index is 2.39. The largest absolute Gasteiger partial charge is 0.478 e. The Kier molecular flexibility index (Phi) is 4.14. The minimum Gasteiger partial charge on any atom is -0.478 e. The predicted molar refractivity (Wildman–Crippen MR) is 77.9 cm³/mol. The molecule has 20 heavy (non-hydrogen) atoms. The second-order valence-corrected chi connectivity index (χ2v) is 4.71. The molecule has 0 saturated heterocycles. The topological polar surface area (TPSA) is 73.1 Å². The molecule has 0 amide bonds. The number of carbonyl (C=O) groups is 1. The molecule has 0 spiro atoms. The minimum absolute atomic E-state index is 0.0900. The third-order valence-corrected chi connectivity index (χ3v) is 3.24. The first kappa shape index (κ1) is 14.2. The number of nitrogens with one attached hydrogen (secondary N) is 1. The second kappa shape index (κ2) is 5.83. The van der Waals surface area contributed by atoms with Crippen molar-refractivity contribution in [2.45, 2.75) is 0 Å². The van der Waals surface area contributed by atoms with Gasteiger partial charge in [-0.1, -0.05) is 29.3 Å². The molecule has 0 unspecified atom stereocenters. The van der Waals surface area contributed by atoms with Crippen LogP contribution in [0.2, 0.25) is 10.0 Å². The molecule has 0 aromatic heterocycles. The van der Waals surface area contributed by atoms with Gasteiger partial charge in [-0.2, -0.15) is 5.26 Å². The van der Waals surface area contributed by atoms with Gasteiger partial charge in [0.2, 0.25) is 0 Å². The smallest absolute Gasteiger partial charge is 0.335 e. The van der Waals surface area contributed by atoms with Gasteiger partial charge in [-0.25, -0.2) is 4.79 Å². The third kappa shape index (κ3) is 2.85. The number of nitrogens with zero attached hydrogens (tertiary/aromatic N) is 1. The molecule has 0 aliphatic heterocycles. The first-order valence-corrected chi connectivity index (χ1v) is 6.27. The van der Waals surface area contributed by atoms with E-state index in [1.807, 2.05) is 6.07 Å². The van der Waals surface area contributed by atoms with Crippen molar-refractivity contribution in [2.24, 2.45) is 0 Å². The highest BCUT2D eigenvalue weighted by atomic mass is 35.5. The van der Waals surface area contributed by atoms with Gasteiger partial charge in [0.25, 0.3) is 0 Å². The quantitative estimate of drug-likeness (QED) is 0.886. The molecule has 0 aliphatic carbocycles. The summed E-state index contributed by atoms with van der Waals surface area (Å²) in [6.45, 7) is 0. The standard InChI is InChI=1S/C14H8Cl2N2O2/c15-10-2-1-3-12(9(10)7-17)18-13-5-4-8(14(19)20)6-11(13)16/h1-6,18H,(H,19,20). The monoisotopic (exact) mass is 306 g/mol. The van der Waals surface area contributed by atoms with Gasteiger partial charge >= 0.3 is 5.97 Å². The van der Waals surface area contributed by atoms with Crippen LogP contribution in [0.5, 0.6) is 0 Å². The molecule has 0 atom stereocenters. The van der Waals surface area contributed by atoms with Crippen molar-refractivity contribution < 1.29 is 9.90 Å². The minimum atomic E-state index is -1.06. The number of halogens is 2. The Morgan fingerprint density at radius 1 is 1.15 bits per heavy atom. The molecule has 0 aliphatic rings. The van der Waals surface area contributed by atoms with E-state index in [0.29, 0.717) is 22.0 Å². The Hall–Kier alpha value is -2.22. The highest BCUT2D eigenvalue weighted by Crippen LogP contribution is 2.30. The number of carboxylic acid groups (broad SMARTS) is 1. The van der Waals surface area contributed by atoms with Crippen LogP contribution in [0, 0.1) is 11.3 Å². The van der Waals surface area contributed by atoms with E-state index in [4.69, 9.17) is 33.6 Å². The van der Waals surface area contributed by atoms with Crippen molar-refractivity contribution in [3.63, 3.8) is 0 Å². The summed E-state index contributed by atoms with van der Waals surface area (Å²) < 4.78 is 0. The zero-order valence-corrected chi connectivity index (χ0v) is 11.5. The van der Waals surface area contributed by atoms with Crippen molar-refractivity contribution in [1.29, 1.82) is 5.26 Å². The molecule has 100 valence electrons. The maximum absolute atomic E-state index is 10.8. The first-order valence-electron chi connectivity index (χ1n) is 5.51. The van der Waals surface area contributed by atoms with E-state index in [2.05, 4.69) is 5.32 Å². The molecule has 0 fully saturated rings. The number of anilines is 2. The van der Waals surface area contributed by atoms with Crippen LogP contribution in [0.3, 0.4) is 0 Å². The van der Waals surface area contributed by atoms with E-state index in [1.165, 1.54) is 18.2 Å². The molecule has 0 bridgehead atoms. The van der Waals surface area contributed by atoms with Crippen LogP contribution in [0.15, 0.2) is 36.4 Å². The maximum Gasteiger partial charge on any atom is 0.335 e. The summed E-state index contributed by atoms with van der Waals surface area (Å²) >= 11 is 11.9. The summed E-state index contributed by atoms with van der Waals surface area (Å²) in [5.74, 6) is -1.06. The molecule has 2 aromatic rings. The number of hydrogen-bond donors (Lipinski definition) is 2. The molecule has 2 N–H and O–H groups in total. The summed E-state index contributed by atoms with van der Waals surface area (Å²) in [7, 11) is 0. The number of aromatic carboxylic acids is 1. The summed E-state index contributed by atoms with van der Waals surface area (Å²) in [5.41, 5.74) is 1.39. The SMILES string of the molecule is N#Cc1c(Cl)cccc1Nc1ccc(C(=O)O)cc1Cl. The Bertz CT molecular complexity index is 724. The van der Waals surface area contributed by atoms with Gasteiger partial charge < -0.3 is 10.4 Å². The number of benzene rings is 2. The molecule has 0 radical (unpaired) electrons. The zero-order chi connectivity index (χ0) is 14.7. The van der Waals surface area contributed by atoms with Crippen molar-refractivity contribution in [2.75, 3.05) is 5.32 Å². The second-order valence-electron chi connectivity index (χ2n) is 3.90. The molecule has 2 rings (SSSR count). The molecule has 0 heterocycles. The van der Waals surface area contributed by atoms with E-state index >= 15 is 0 Å². The first-order chi connectivity index (χ1) is 9.52. The summed E-state index contributed by atoms with van der Waals surface area (Å²) in [5, 5.41) is 21.5. The van der Waals surface area contributed by atoms with Gasteiger partial charge in [0.1, 0.15) is 6.07 Å². The average Bonchev–Trinajstić information content (AvgIpc) is 2.41. The maximum atomic E-state index is 10.8. The van der Waals surface area contributed by atoms with E-state index in [-0.39, 0.29) is 10.6 Å². The Morgan fingerprint density at radius 3 is 2.50 bits per heavy atom. The normalized spacial score (nSPS) is 9.85. The van der Waals surface area contributed by atoms with Gasteiger partial charge in [0, 0.05) is 0 Å². The average molecular weight is 307 g/mol. The fourth-order valence-electron chi connectivity index (χ4n) is 1.64. The molecule has 0 saturated carbocycles. The van der Waals surface area contributed by atoms with E-state index < -0.39 is 5.97 Å². The van der Waals surface area contributed by atoms with E-state index in [9.17, 15) is 4.79 Å². The lowest BCUT2D eigenvalue weighted by Crippen LogP contribution is -1.99. The lowest BCUT2D eigenvalue weighted by molar-refractivity contribution is 0.0697. The van der Waals surface area contributed by atoms with Crippen molar-refractivity contribution in [3.8, 4) is 6.07 Å². The van der Waals surface area contributed by atoms with Crippen LogP contribution < -0.4 is 5.32 Å². The van der Waals surface area contributed by atoms with Gasteiger partial charge in [-0.15, -0.1) is 0 Å². The molecular weight excluding hydrogens is 299 g/mol. The Morgan fingerprint density at radius 2 is 1.90 bits per heavy atom. The number of hydrogen-bond acceptors (Lipinski definition) is 3. The van der Waals surface area contributed by atoms with Crippen LogP contribution in [-0.4, -0.2) is 11.1 Å². The molecule has 4 nitrogen and oxygen atoms in total. The van der Waals surface area contributed by atoms with Crippen LogP contribution in [0.4, 0.5) is 11.4 Å². The fraction of sp³-hybridized carbons (Fsp3) is 0. The fourth-order valence-corrected chi connectivity index (χ4v) is 2.08. The summed E-state index contributed by atoms with van der Waals surface area (Å²) in [6.07, 6.45) is 0. The zero-order valence-electron chi connectivity index (χ0n) is 10.0. The molecular formula is C14H8Cl2N2O2. The molecule has 2 aromatic carbocycles. The van der Waals surface area contributed by atoms with Gasteiger partial charge in [0.15, 0.2) is 0 Å². The van der Waals surface area contributed by atoms with Crippen LogP contribution in [-0.2, 0) is 0 Å². The van der Waals surface area contributed by atoms with E-state index in [1.54, 1.807) is 18.2 Å². The molecule has 6 heteroatoms. The van der Waals surface area contributed by atoms with Crippen molar-refractivity contribution in [3.05, 3.63) is 57.6 Å². The number of rotatable bonds is 3. The highest BCUT2D eigenvalue weighted by molar-refractivity contribution is 6.34. The number of nitriles is 1. The lowest BCUT2D eigenvalue weighted by Gasteiger charge is -2.11. The Labute approximate surface area is 125 Å². The summed E-state index contributed by atoms with van der Waals surface area (Å²) in [6, 6.07) is 11.3. The van der Waals surface area contributed by atoms with Crippen LogP contribution in [0.25, 0.3) is 0 Å². The van der Waals surface area contributed by atoms with Gasteiger partial charge in [-0.05, 0) is 30.3 Å². The van der Waals surface area contributed by atoms with Gasteiger partial charge in [0.05, 0.1) is 32.5 Å². The summed E-state index contributed by atoms with van der Waals surface area (Å²) in [4.78, 5) is 10.8. The third-order valence-electron chi connectivity index (χ3n) is 2.61. The van der Waals surface area contributed by atoms with Crippen LogP contribution in [0.1, 0.15) is 15.9 Å². The van der Waals surface area contributed by atoms with Gasteiger partial charge in [-0.3, -0.25) is 0 Å². The van der Waals surface area contributed by atoms with Crippen molar-refractivity contribution in [1.82, 2.24) is 0 Å². The highest BCUT2D eigenvalue weighted by Gasteiger charge is 2.10.